The molecule has 2 rings (SSSR count). The Hall–Kier alpha value is -1.58. The van der Waals surface area contributed by atoms with Gasteiger partial charge in [-0.3, -0.25) is 4.79 Å². The summed E-state index contributed by atoms with van der Waals surface area (Å²) in [4.78, 5) is 13.9. The second-order valence-electron chi connectivity index (χ2n) is 4.53. The van der Waals surface area contributed by atoms with Gasteiger partial charge in [0.2, 0.25) is 0 Å². The van der Waals surface area contributed by atoms with Crippen LogP contribution < -0.4 is 5.73 Å². The largest absolute Gasteiger partial charge is 0.398 e. The summed E-state index contributed by atoms with van der Waals surface area (Å²) in [5.41, 5.74) is 6.77. The number of carbonyl (C=O) groups is 1. The molecule has 17 heavy (non-hydrogen) atoms. The molecule has 0 atom stereocenters. The summed E-state index contributed by atoms with van der Waals surface area (Å²) in [5.74, 6) is -0.527. The number of hydrogen-bond donors (Lipinski definition) is 1. The van der Waals surface area contributed by atoms with Gasteiger partial charge in [-0.15, -0.1) is 0 Å². The van der Waals surface area contributed by atoms with E-state index in [1.54, 1.807) is 17.9 Å². The number of nitrogen functional groups attached to an aromatic ring is 1. The molecule has 92 valence electrons. The van der Waals surface area contributed by atoms with Crippen LogP contribution in [0, 0.1) is 12.7 Å². The van der Waals surface area contributed by atoms with Crippen molar-refractivity contribution < 1.29 is 9.18 Å². The van der Waals surface area contributed by atoms with Gasteiger partial charge in [-0.25, -0.2) is 4.39 Å². The summed E-state index contributed by atoms with van der Waals surface area (Å²) in [6.07, 6.45) is 3.21. The summed E-state index contributed by atoms with van der Waals surface area (Å²) in [7, 11) is 0. The molecule has 1 aliphatic rings. The summed E-state index contributed by atoms with van der Waals surface area (Å²) >= 11 is 0. The molecule has 3 nitrogen and oxygen atoms in total. The van der Waals surface area contributed by atoms with Gasteiger partial charge in [-0.2, -0.15) is 0 Å². The minimum Gasteiger partial charge on any atom is -0.398 e. The molecule has 4 heteroatoms. The molecule has 0 unspecified atom stereocenters. The lowest BCUT2D eigenvalue weighted by atomic mass is 10.1. The second kappa shape index (κ2) is 4.73. The van der Waals surface area contributed by atoms with Gasteiger partial charge in [0.05, 0.1) is 0 Å². The molecule has 1 aromatic rings. The van der Waals surface area contributed by atoms with Crippen molar-refractivity contribution in [2.45, 2.75) is 26.2 Å². The molecule has 0 saturated carbocycles. The van der Waals surface area contributed by atoms with Crippen molar-refractivity contribution in [2.24, 2.45) is 0 Å². The standard InChI is InChI=1S/C13H17FN2O/c1-9-11(14)7-10(8-12(9)15)13(17)16-5-3-2-4-6-16/h7-8H,2-6,15H2,1H3. The minimum atomic E-state index is -0.412. The maximum atomic E-state index is 13.5. The number of benzene rings is 1. The molecule has 1 amide bonds. The molecule has 2 N–H and O–H groups in total. The number of nitrogens with two attached hydrogens (primary N) is 1. The second-order valence-corrected chi connectivity index (χ2v) is 4.53. The van der Waals surface area contributed by atoms with Gasteiger partial charge in [0.15, 0.2) is 0 Å². The first-order valence-corrected chi connectivity index (χ1v) is 5.94. The number of hydrogen-bond acceptors (Lipinski definition) is 2. The summed E-state index contributed by atoms with van der Waals surface area (Å²) in [6, 6.07) is 2.85. The van der Waals surface area contributed by atoms with Gasteiger partial charge >= 0.3 is 0 Å². The Morgan fingerprint density at radius 2 is 1.94 bits per heavy atom. The van der Waals surface area contributed by atoms with E-state index in [0.29, 0.717) is 16.8 Å². The number of likely N-dealkylation sites (tertiary alicyclic amines) is 1. The monoisotopic (exact) mass is 236 g/mol. The van der Waals surface area contributed by atoms with E-state index >= 15 is 0 Å². The van der Waals surface area contributed by atoms with Crippen LogP contribution in [-0.4, -0.2) is 23.9 Å². The first kappa shape index (κ1) is 11.9. The van der Waals surface area contributed by atoms with Crippen molar-refractivity contribution in [3.05, 3.63) is 29.1 Å². The van der Waals surface area contributed by atoms with Crippen molar-refractivity contribution >= 4 is 11.6 Å². The summed E-state index contributed by atoms with van der Waals surface area (Å²) < 4.78 is 13.5. The van der Waals surface area contributed by atoms with Crippen LogP contribution in [0.3, 0.4) is 0 Å². The number of carbonyl (C=O) groups excluding carboxylic acids is 1. The van der Waals surface area contributed by atoms with Crippen LogP contribution in [0.25, 0.3) is 0 Å². The first-order chi connectivity index (χ1) is 8.09. The van der Waals surface area contributed by atoms with E-state index in [2.05, 4.69) is 0 Å². The van der Waals surface area contributed by atoms with Crippen LogP contribution in [0.1, 0.15) is 35.2 Å². The lowest BCUT2D eigenvalue weighted by molar-refractivity contribution is 0.0724. The fraction of sp³-hybridized carbons (Fsp3) is 0.462. The normalized spacial score (nSPS) is 16.0. The number of anilines is 1. The molecular weight excluding hydrogens is 219 g/mol. The van der Waals surface area contributed by atoms with Crippen LogP contribution in [0.4, 0.5) is 10.1 Å². The SMILES string of the molecule is Cc1c(N)cc(C(=O)N2CCCCC2)cc1F. The molecular formula is C13H17FN2O. The first-order valence-electron chi connectivity index (χ1n) is 5.94. The predicted molar refractivity (Wildman–Crippen MR) is 65.3 cm³/mol. The molecule has 0 aromatic heterocycles. The van der Waals surface area contributed by atoms with Crippen LogP contribution in [0.5, 0.6) is 0 Å². The number of amides is 1. The number of halogens is 1. The summed E-state index contributed by atoms with van der Waals surface area (Å²) in [5, 5.41) is 0. The highest BCUT2D eigenvalue weighted by Crippen LogP contribution is 2.20. The van der Waals surface area contributed by atoms with Crippen LogP contribution in [-0.2, 0) is 0 Å². The van der Waals surface area contributed by atoms with Crippen molar-refractivity contribution in [3.63, 3.8) is 0 Å². The molecule has 1 saturated heterocycles. The van der Waals surface area contributed by atoms with E-state index in [-0.39, 0.29) is 5.91 Å². The molecule has 0 aliphatic carbocycles. The zero-order valence-electron chi connectivity index (χ0n) is 10.0. The van der Waals surface area contributed by atoms with Gasteiger partial charge in [-0.05, 0) is 38.3 Å². The zero-order chi connectivity index (χ0) is 12.4. The van der Waals surface area contributed by atoms with E-state index in [9.17, 15) is 9.18 Å². The van der Waals surface area contributed by atoms with Gasteiger partial charge in [0, 0.05) is 29.9 Å². The van der Waals surface area contributed by atoms with Crippen LogP contribution in [0.2, 0.25) is 0 Å². The van der Waals surface area contributed by atoms with Crippen LogP contribution in [0.15, 0.2) is 12.1 Å². The van der Waals surface area contributed by atoms with E-state index < -0.39 is 5.82 Å². The molecule has 0 bridgehead atoms. The Morgan fingerprint density at radius 3 is 2.53 bits per heavy atom. The lowest BCUT2D eigenvalue weighted by Crippen LogP contribution is -2.35. The Labute approximate surface area is 100 Å². The van der Waals surface area contributed by atoms with E-state index in [1.807, 2.05) is 0 Å². The Morgan fingerprint density at radius 1 is 1.29 bits per heavy atom. The number of rotatable bonds is 1. The van der Waals surface area contributed by atoms with Crippen LogP contribution >= 0.6 is 0 Å². The highest BCUT2D eigenvalue weighted by Gasteiger charge is 2.19. The zero-order valence-corrected chi connectivity index (χ0v) is 10.0. The lowest BCUT2D eigenvalue weighted by Gasteiger charge is -2.26. The fourth-order valence-electron chi connectivity index (χ4n) is 2.10. The molecule has 1 aromatic carbocycles. The third kappa shape index (κ3) is 2.40. The van der Waals surface area contributed by atoms with Gasteiger partial charge < -0.3 is 10.6 Å². The maximum absolute atomic E-state index is 13.5. The van der Waals surface area contributed by atoms with Gasteiger partial charge in [-0.1, -0.05) is 0 Å². The quantitative estimate of drug-likeness (QED) is 0.761. The van der Waals surface area contributed by atoms with Crippen molar-refractivity contribution in [1.82, 2.24) is 4.90 Å². The molecule has 0 spiro atoms. The average molecular weight is 236 g/mol. The van der Waals surface area contributed by atoms with E-state index in [4.69, 9.17) is 5.73 Å². The fourth-order valence-corrected chi connectivity index (χ4v) is 2.10. The van der Waals surface area contributed by atoms with Gasteiger partial charge in [0.25, 0.3) is 5.91 Å². The average Bonchev–Trinajstić information content (AvgIpc) is 2.35. The Bertz CT molecular complexity index is 416. The van der Waals surface area contributed by atoms with Crippen molar-refractivity contribution in [3.8, 4) is 0 Å². The molecule has 0 radical (unpaired) electrons. The van der Waals surface area contributed by atoms with Crippen molar-refractivity contribution in [1.29, 1.82) is 0 Å². The van der Waals surface area contributed by atoms with Gasteiger partial charge in [0.1, 0.15) is 5.82 Å². The topological polar surface area (TPSA) is 46.3 Å². The number of nitrogens with zero attached hydrogens (tertiary/aromatic N) is 1. The van der Waals surface area contributed by atoms with E-state index in [0.717, 1.165) is 32.4 Å². The minimum absolute atomic E-state index is 0.115. The van der Waals surface area contributed by atoms with E-state index in [1.165, 1.54) is 6.07 Å². The molecule has 1 fully saturated rings. The molecule has 1 aliphatic heterocycles. The third-order valence-electron chi connectivity index (χ3n) is 3.27. The highest BCUT2D eigenvalue weighted by molar-refractivity contribution is 5.95. The summed E-state index contributed by atoms with van der Waals surface area (Å²) in [6.45, 7) is 3.13. The molecule has 1 heterocycles. The predicted octanol–water partition coefficient (Wildman–Crippen LogP) is 2.34. The maximum Gasteiger partial charge on any atom is 0.254 e. The Kier molecular flexibility index (Phi) is 3.31. The van der Waals surface area contributed by atoms with Crippen molar-refractivity contribution in [2.75, 3.05) is 18.8 Å². The smallest absolute Gasteiger partial charge is 0.254 e. The number of piperidine rings is 1. The third-order valence-corrected chi connectivity index (χ3v) is 3.27. The highest BCUT2D eigenvalue weighted by atomic mass is 19.1. The Balaban J connectivity index is 2.24.